The van der Waals surface area contributed by atoms with Gasteiger partial charge in [-0.25, -0.2) is 9.79 Å². The summed E-state index contributed by atoms with van der Waals surface area (Å²) in [7, 11) is 1.32. The van der Waals surface area contributed by atoms with Crippen molar-refractivity contribution >= 4 is 17.8 Å². The summed E-state index contributed by atoms with van der Waals surface area (Å²) in [6.45, 7) is 7.15. The van der Waals surface area contributed by atoms with Crippen molar-refractivity contribution in [1.82, 2.24) is 4.90 Å². The van der Waals surface area contributed by atoms with Crippen molar-refractivity contribution < 1.29 is 44.3 Å². The maximum Gasteiger partial charge on any atom is 1.00 e. The Morgan fingerprint density at radius 1 is 1.55 bits per heavy atom. The van der Waals surface area contributed by atoms with E-state index in [4.69, 9.17) is 0 Å². The van der Waals surface area contributed by atoms with Gasteiger partial charge in [0.15, 0.2) is 0 Å². The quantitative estimate of drug-likeness (QED) is 0.340. The second-order valence-corrected chi connectivity index (χ2v) is 4.42. The Kier molecular flexibility index (Phi) is 7.21. The average molecular weight is 284 g/mol. The Morgan fingerprint density at radius 3 is 2.65 bits per heavy atom. The van der Waals surface area contributed by atoms with Gasteiger partial charge >= 0.3 is 35.6 Å². The smallest absolute Gasteiger partial charge is 0.861 e. The van der Waals surface area contributed by atoms with Gasteiger partial charge in [0.25, 0.3) is 0 Å². The van der Waals surface area contributed by atoms with E-state index in [1.165, 1.54) is 13.1 Å². The fourth-order valence-electron chi connectivity index (χ4n) is 2.07. The molecule has 0 saturated heterocycles. The summed E-state index contributed by atoms with van der Waals surface area (Å²) in [5.41, 5.74) is -1.42. The number of carbonyl (C=O) groups is 2. The van der Waals surface area contributed by atoms with E-state index in [0.29, 0.717) is 6.42 Å². The minimum Gasteiger partial charge on any atom is -0.861 e. The third-order valence-electron chi connectivity index (χ3n) is 3.25. The zero-order valence-electron chi connectivity index (χ0n) is 12.4. The van der Waals surface area contributed by atoms with Crippen molar-refractivity contribution in [1.29, 1.82) is 0 Å². The number of rotatable bonds is 3. The van der Waals surface area contributed by atoms with Gasteiger partial charge in [-0.3, -0.25) is 9.69 Å². The van der Waals surface area contributed by atoms with E-state index >= 15 is 0 Å². The Hall–Kier alpha value is -1.09. The van der Waals surface area contributed by atoms with E-state index in [9.17, 15) is 14.7 Å². The molecule has 0 aromatic carbocycles. The topological polar surface area (TPSA) is 72.8 Å². The summed E-state index contributed by atoms with van der Waals surface area (Å²) in [6, 6.07) is -0.828. The fraction of sp³-hybridized carbons (Fsp3) is 0.500. The molecule has 2 atom stereocenters. The van der Waals surface area contributed by atoms with Crippen LogP contribution in [0.25, 0.3) is 0 Å². The molecule has 0 saturated carbocycles. The molecule has 0 fully saturated rings. The van der Waals surface area contributed by atoms with Gasteiger partial charge in [0.1, 0.15) is 0 Å². The van der Waals surface area contributed by atoms with Crippen molar-refractivity contribution in [2.24, 2.45) is 16.3 Å². The van der Waals surface area contributed by atoms with Crippen LogP contribution in [0.2, 0.25) is 0 Å². The molecule has 6 heteroatoms. The van der Waals surface area contributed by atoms with E-state index < -0.39 is 29.2 Å². The van der Waals surface area contributed by atoms with Gasteiger partial charge in [0.2, 0.25) is 5.91 Å². The minimum atomic E-state index is -1.42. The Bertz CT molecular complexity index is 504. The molecule has 0 aromatic rings. The van der Waals surface area contributed by atoms with Crippen LogP contribution in [0.3, 0.4) is 0 Å². The molecule has 20 heavy (non-hydrogen) atoms. The van der Waals surface area contributed by atoms with Crippen LogP contribution in [-0.2, 0) is 4.79 Å². The van der Waals surface area contributed by atoms with Crippen LogP contribution in [0.5, 0.6) is 0 Å². The van der Waals surface area contributed by atoms with Gasteiger partial charge < -0.3 is 5.11 Å². The minimum absolute atomic E-state index is 0. The predicted octanol–water partition coefficient (Wildman–Crippen LogP) is -2.05. The summed E-state index contributed by atoms with van der Waals surface area (Å²) in [5.74, 6) is 3.94. The van der Waals surface area contributed by atoms with Gasteiger partial charge in [-0.1, -0.05) is 18.9 Å². The van der Waals surface area contributed by atoms with Crippen LogP contribution in [0.4, 0.5) is 4.79 Å². The van der Waals surface area contributed by atoms with Gasteiger partial charge in [-0.05, 0) is 19.2 Å². The summed E-state index contributed by atoms with van der Waals surface area (Å²) in [4.78, 5) is 28.1. The Morgan fingerprint density at radius 2 is 2.15 bits per heavy atom. The maximum absolute atomic E-state index is 12.4. The normalized spacial score (nSPS) is 23.1. The van der Waals surface area contributed by atoms with Crippen molar-refractivity contribution in [3.8, 4) is 11.8 Å². The van der Waals surface area contributed by atoms with Crippen molar-refractivity contribution in [3.05, 3.63) is 12.7 Å². The number of carbonyl (C=O) groups excluding carboxylic acids is 2. The number of nitrogens with zero attached hydrogens (tertiary/aromatic N) is 2. The molecule has 0 aliphatic carbocycles. The summed E-state index contributed by atoms with van der Waals surface area (Å²) < 4.78 is 0. The Balaban J connectivity index is 0.00000361. The number of urea groups is 1. The molecule has 0 radical (unpaired) electrons. The molecule has 0 N–H and O–H groups in total. The maximum atomic E-state index is 12.4. The first-order valence-corrected chi connectivity index (χ1v) is 6.09. The molecule has 1 heterocycles. The van der Waals surface area contributed by atoms with E-state index in [1.54, 1.807) is 6.92 Å². The predicted molar refractivity (Wildman–Crippen MR) is 70.1 cm³/mol. The Labute approximate surface area is 141 Å². The van der Waals surface area contributed by atoms with Gasteiger partial charge in [0, 0.05) is 19.4 Å². The van der Waals surface area contributed by atoms with Crippen molar-refractivity contribution in [2.45, 2.75) is 26.7 Å². The first-order chi connectivity index (χ1) is 8.91. The fourth-order valence-corrected chi connectivity index (χ4v) is 2.07. The number of aliphatic imine (C=N–C) groups is 1. The number of allylic oxidation sites excluding steroid dienone is 1. The standard InChI is InChI=1S/C14H18N2O3.Na/c1-5-7-8-10(3)14(9-6-2)11(17)15-13(19)16(4)12(14)18;/h6,10H,2,5,9H2,1,3-4H3,(H,15,17,19);/q;+1/p-1/t10?,14-;/m1./s1. The van der Waals surface area contributed by atoms with Crippen molar-refractivity contribution in [2.75, 3.05) is 7.05 Å². The number of hydrogen-bond acceptors (Lipinski definition) is 3. The van der Waals surface area contributed by atoms with Gasteiger partial charge in [-0.2, -0.15) is 0 Å². The van der Waals surface area contributed by atoms with Gasteiger partial charge in [0.05, 0.1) is 5.41 Å². The molecule has 5 nitrogen and oxygen atoms in total. The molecule has 102 valence electrons. The zero-order valence-corrected chi connectivity index (χ0v) is 14.4. The second kappa shape index (κ2) is 7.63. The van der Waals surface area contributed by atoms with E-state index in [0.717, 1.165) is 4.90 Å². The molecule has 0 bridgehead atoms. The third kappa shape index (κ3) is 3.14. The van der Waals surface area contributed by atoms with Crippen LogP contribution in [0.1, 0.15) is 26.7 Å². The van der Waals surface area contributed by atoms with E-state index in [-0.39, 0.29) is 36.0 Å². The molecule has 1 unspecified atom stereocenters. The number of amides is 3. The van der Waals surface area contributed by atoms with E-state index in [2.05, 4.69) is 23.4 Å². The molecule has 1 aliphatic heterocycles. The molecule has 1 rings (SSSR count). The largest absolute Gasteiger partial charge is 1.00 e. The monoisotopic (exact) mass is 284 g/mol. The van der Waals surface area contributed by atoms with Crippen LogP contribution in [0.15, 0.2) is 17.6 Å². The van der Waals surface area contributed by atoms with Crippen LogP contribution in [-0.4, -0.2) is 29.8 Å². The summed E-state index contributed by atoms with van der Waals surface area (Å²) >= 11 is 0. The van der Waals surface area contributed by atoms with Crippen LogP contribution >= 0.6 is 0 Å². The molecule has 3 amide bonds. The molecular formula is C14H17N2NaO3. The summed E-state index contributed by atoms with van der Waals surface area (Å²) in [5, 5.41) is 12.1. The van der Waals surface area contributed by atoms with Crippen LogP contribution < -0.4 is 34.7 Å². The number of hydrogen-bond donors (Lipinski definition) is 0. The van der Waals surface area contributed by atoms with Gasteiger partial charge in [-0.15, -0.1) is 12.5 Å². The third-order valence-corrected chi connectivity index (χ3v) is 3.25. The molecule has 0 aromatic heterocycles. The zero-order chi connectivity index (χ0) is 14.6. The second-order valence-electron chi connectivity index (χ2n) is 4.42. The SMILES string of the molecule is C=CC[C@]1(C(C)C#CCC)C(=O)N(C)C(=O)N=C1[O-].[Na+]. The van der Waals surface area contributed by atoms with Crippen LogP contribution in [0, 0.1) is 23.2 Å². The molecular weight excluding hydrogens is 267 g/mol. The molecule has 1 aliphatic rings. The average Bonchev–Trinajstić information content (AvgIpc) is 2.38. The number of imide groups is 1. The molecule has 0 spiro atoms. The first kappa shape index (κ1) is 18.9. The first-order valence-electron chi connectivity index (χ1n) is 6.09. The van der Waals surface area contributed by atoms with Crippen molar-refractivity contribution in [3.63, 3.8) is 0 Å². The van der Waals surface area contributed by atoms with E-state index in [1.807, 2.05) is 6.92 Å². The summed E-state index contributed by atoms with van der Waals surface area (Å²) in [6.07, 6.45) is 2.23.